The van der Waals surface area contributed by atoms with E-state index in [4.69, 9.17) is 5.73 Å². The quantitative estimate of drug-likeness (QED) is 0.178. The number of benzene rings is 3. The molecular weight excluding hydrogens is 512 g/mol. The molecule has 3 aromatic carbocycles. The molecule has 8 heteroatoms. The minimum atomic E-state index is -1.46. The molecule has 1 unspecified atom stereocenters. The van der Waals surface area contributed by atoms with Crippen molar-refractivity contribution in [2.24, 2.45) is 5.73 Å². The summed E-state index contributed by atoms with van der Waals surface area (Å²) in [5.74, 6) is 0.214. The van der Waals surface area contributed by atoms with Crippen molar-refractivity contribution in [3.05, 3.63) is 159 Å². The normalized spacial score (nSPS) is 22.0. The van der Waals surface area contributed by atoms with Crippen LogP contribution in [0.2, 0.25) is 0 Å². The van der Waals surface area contributed by atoms with Crippen LogP contribution < -0.4 is 11.1 Å². The molecule has 202 valence electrons. The van der Waals surface area contributed by atoms with Crippen molar-refractivity contribution in [3.63, 3.8) is 0 Å². The van der Waals surface area contributed by atoms with Crippen LogP contribution in [0.4, 0.5) is 5.95 Å². The number of H-pyrrole nitrogens is 1. The third-order valence-electron chi connectivity index (χ3n) is 8.63. The van der Waals surface area contributed by atoms with Gasteiger partial charge in [0, 0.05) is 52.2 Å². The number of hydrogen-bond acceptors (Lipinski definition) is 6. The highest BCUT2D eigenvalue weighted by Gasteiger charge is 2.66. The van der Waals surface area contributed by atoms with Crippen molar-refractivity contribution in [2.45, 2.75) is 29.8 Å². The molecule has 0 spiro atoms. The molecule has 8 nitrogen and oxygen atoms in total. The van der Waals surface area contributed by atoms with Crippen molar-refractivity contribution < 1.29 is 4.92 Å². The Morgan fingerprint density at radius 3 is 2.22 bits per heavy atom. The lowest BCUT2D eigenvalue weighted by Crippen LogP contribution is -2.63. The first-order valence-corrected chi connectivity index (χ1v) is 13.5. The molecule has 3 aliphatic carbocycles. The molecule has 2 aromatic heterocycles. The van der Waals surface area contributed by atoms with Gasteiger partial charge in [-0.2, -0.15) is 0 Å². The van der Waals surface area contributed by atoms with E-state index in [2.05, 4.69) is 51.1 Å². The zero-order chi connectivity index (χ0) is 28.2. The number of nitrogens with one attached hydrogen (secondary N) is 2. The SMILES string of the molecule is C=C(Nc1ncc(Cc2ccc(-c3ccncc3)cc2)[nH]1)C1(N)CC2([N+](=O)[O-])c3ccccc3C1c1ccccc12. The van der Waals surface area contributed by atoms with Crippen LogP contribution in [-0.2, 0) is 12.0 Å². The first-order chi connectivity index (χ1) is 19.9. The average Bonchev–Trinajstić information content (AvgIpc) is 3.44. The maximum Gasteiger partial charge on any atom is 0.274 e. The summed E-state index contributed by atoms with van der Waals surface area (Å²) in [6.07, 6.45) is 6.11. The second-order valence-electron chi connectivity index (χ2n) is 10.9. The summed E-state index contributed by atoms with van der Waals surface area (Å²) in [5, 5.41) is 16.2. The molecular formula is C33H28N6O2. The van der Waals surface area contributed by atoms with Gasteiger partial charge in [0.05, 0.1) is 18.2 Å². The van der Waals surface area contributed by atoms with E-state index in [0.717, 1.165) is 33.5 Å². The van der Waals surface area contributed by atoms with Gasteiger partial charge in [0.1, 0.15) is 0 Å². The summed E-state index contributed by atoms with van der Waals surface area (Å²) in [5.41, 5.74) is 12.5. The van der Waals surface area contributed by atoms with Gasteiger partial charge < -0.3 is 16.0 Å². The highest BCUT2D eigenvalue weighted by Crippen LogP contribution is 2.61. The summed E-state index contributed by atoms with van der Waals surface area (Å²) >= 11 is 0. The van der Waals surface area contributed by atoms with Gasteiger partial charge in [0.2, 0.25) is 5.95 Å². The van der Waals surface area contributed by atoms with E-state index in [1.54, 1.807) is 18.6 Å². The molecule has 2 bridgehead atoms. The van der Waals surface area contributed by atoms with Crippen LogP contribution in [0, 0.1) is 10.1 Å². The van der Waals surface area contributed by atoms with Gasteiger partial charge >= 0.3 is 0 Å². The van der Waals surface area contributed by atoms with E-state index in [1.807, 2.05) is 60.7 Å². The van der Waals surface area contributed by atoms with Crippen LogP contribution in [0.3, 0.4) is 0 Å². The Bertz CT molecular complexity index is 1750. The van der Waals surface area contributed by atoms with E-state index in [1.165, 1.54) is 0 Å². The zero-order valence-corrected chi connectivity index (χ0v) is 22.2. The Morgan fingerprint density at radius 2 is 1.59 bits per heavy atom. The fourth-order valence-electron chi connectivity index (χ4n) is 6.73. The molecule has 2 heterocycles. The van der Waals surface area contributed by atoms with Gasteiger partial charge in [-0.15, -0.1) is 0 Å². The van der Waals surface area contributed by atoms with Gasteiger partial charge in [-0.1, -0.05) is 79.4 Å². The van der Waals surface area contributed by atoms with Crippen LogP contribution in [0.25, 0.3) is 11.1 Å². The number of anilines is 1. The van der Waals surface area contributed by atoms with E-state index in [-0.39, 0.29) is 17.3 Å². The molecule has 0 aliphatic heterocycles. The lowest BCUT2D eigenvalue weighted by atomic mass is 9.52. The molecule has 0 amide bonds. The molecule has 0 saturated carbocycles. The van der Waals surface area contributed by atoms with Gasteiger partial charge in [-0.25, -0.2) is 4.98 Å². The van der Waals surface area contributed by atoms with Gasteiger partial charge in [-0.3, -0.25) is 15.1 Å². The van der Waals surface area contributed by atoms with Crippen LogP contribution in [0.1, 0.15) is 45.8 Å². The van der Waals surface area contributed by atoms with Gasteiger partial charge in [0.25, 0.3) is 5.54 Å². The number of nitrogens with zero attached hydrogens (tertiary/aromatic N) is 3. The number of aromatic nitrogens is 3. The highest BCUT2D eigenvalue weighted by molar-refractivity contribution is 5.64. The zero-order valence-electron chi connectivity index (χ0n) is 22.2. The van der Waals surface area contributed by atoms with E-state index in [9.17, 15) is 10.1 Å². The Hall–Kier alpha value is -5.08. The molecule has 1 atom stereocenters. The van der Waals surface area contributed by atoms with Crippen molar-refractivity contribution >= 4 is 5.95 Å². The molecule has 3 aliphatic rings. The molecule has 0 fully saturated rings. The third kappa shape index (κ3) is 3.79. The predicted molar refractivity (Wildman–Crippen MR) is 158 cm³/mol. The molecule has 8 rings (SSSR count). The Balaban J connectivity index is 1.16. The molecule has 0 saturated heterocycles. The van der Waals surface area contributed by atoms with Gasteiger partial charge in [-0.05, 0) is 39.9 Å². The van der Waals surface area contributed by atoms with Crippen LogP contribution in [0.15, 0.2) is 116 Å². The Kier molecular flexibility index (Phi) is 5.62. The molecule has 4 N–H and O–H groups in total. The molecule has 5 aromatic rings. The fraction of sp³-hybridized carbons (Fsp3) is 0.152. The van der Waals surface area contributed by atoms with Crippen molar-refractivity contribution in [2.75, 3.05) is 5.32 Å². The van der Waals surface area contributed by atoms with Crippen LogP contribution >= 0.6 is 0 Å². The summed E-state index contributed by atoms with van der Waals surface area (Å²) in [4.78, 5) is 24.6. The van der Waals surface area contributed by atoms with E-state index >= 15 is 0 Å². The van der Waals surface area contributed by atoms with E-state index in [0.29, 0.717) is 29.2 Å². The van der Waals surface area contributed by atoms with Crippen LogP contribution in [0.5, 0.6) is 0 Å². The van der Waals surface area contributed by atoms with E-state index < -0.39 is 11.1 Å². The van der Waals surface area contributed by atoms with Crippen LogP contribution in [-0.4, -0.2) is 25.4 Å². The minimum absolute atomic E-state index is 0.0922. The van der Waals surface area contributed by atoms with Gasteiger partial charge in [0.15, 0.2) is 0 Å². The predicted octanol–water partition coefficient (Wildman–Crippen LogP) is 5.76. The largest absolute Gasteiger partial charge is 0.328 e. The maximum atomic E-state index is 12.9. The first kappa shape index (κ1) is 24.9. The Labute approximate surface area is 237 Å². The smallest absolute Gasteiger partial charge is 0.274 e. The van der Waals surface area contributed by atoms with Crippen molar-refractivity contribution in [1.29, 1.82) is 0 Å². The summed E-state index contributed by atoms with van der Waals surface area (Å²) in [6, 6.07) is 27.5. The average molecular weight is 541 g/mol. The fourth-order valence-corrected chi connectivity index (χ4v) is 6.73. The standard InChI is InChI=1S/C33H28N6O2/c1-21(37-31-36-19-25(38-31)18-22-10-12-23(13-11-22)24-14-16-35-17-15-24)32(34)20-33(39(40)41)28-8-4-2-6-26(28)30(32)27-7-3-5-9-29(27)33/h2-17,19,30H,1,18,20,34H2,(H2,36,37,38). The number of nitrogens with two attached hydrogens (primary N) is 1. The summed E-state index contributed by atoms with van der Waals surface area (Å²) < 4.78 is 0. The number of imidazole rings is 1. The number of nitro groups is 1. The lowest BCUT2D eigenvalue weighted by molar-refractivity contribution is -0.571. The van der Waals surface area contributed by atoms with Crippen molar-refractivity contribution in [3.8, 4) is 11.1 Å². The number of fused-ring (bicyclic) bond motifs is 1. The maximum absolute atomic E-state index is 12.9. The molecule has 0 radical (unpaired) electrons. The number of rotatable bonds is 7. The number of aromatic amines is 1. The minimum Gasteiger partial charge on any atom is -0.328 e. The number of pyridine rings is 1. The first-order valence-electron chi connectivity index (χ1n) is 13.5. The monoisotopic (exact) mass is 540 g/mol. The highest BCUT2D eigenvalue weighted by atomic mass is 16.6. The summed E-state index contributed by atoms with van der Waals surface area (Å²) in [6.45, 7) is 4.31. The summed E-state index contributed by atoms with van der Waals surface area (Å²) in [7, 11) is 0. The Morgan fingerprint density at radius 1 is 0.976 bits per heavy atom. The molecule has 41 heavy (non-hydrogen) atoms. The topological polar surface area (TPSA) is 123 Å². The lowest BCUT2D eigenvalue weighted by Gasteiger charge is -2.53. The second kappa shape index (κ2) is 9.25. The second-order valence-corrected chi connectivity index (χ2v) is 10.9. The number of hydrogen-bond donors (Lipinski definition) is 3. The van der Waals surface area contributed by atoms with Crippen molar-refractivity contribution in [1.82, 2.24) is 15.0 Å². The third-order valence-corrected chi connectivity index (χ3v) is 8.63.